The first kappa shape index (κ1) is 34.4. The Morgan fingerprint density at radius 2 is 1.40 bits per heavy atom. The molecule has 0 spiro atoms. The van der Waals surface area contributed by atoms with Crippen LogP contribution in [0.15, 0.2) is 73.1 Å². The molecule has 244 valence electrons. The molecule has 0 bridgehead atoms. The molecule has 1 atom stereocenters. The number of rotatable bonds is 12. The lowest BCUT2D eigenvalue weighted by atomic mass is 9.80. The highest BCUT2D eigenvalue weighted by Crippen LogP contribution is 2.51. The van der Waals surface area contributed by atoms with Crippen LogP contribution in [0.4, 0.5) is 26.3 Å². The minimum absolute atomic E-state index is 0.0802. The molecule has 0 N–H and O–H groups in total. The number of carbonyl (C=O) groups excluding carboxylic acids is 1. The van der Waals surface area contributed by atoms with Gasteiger partial charge in [0, 0.05) is 57.8 Å². The van der Waals surface area contributed by atoms with Crippen molar-refractivity contribution >= 4 is 5.97 Å². The number of benzene rings is 2. The number of carbonyl (C=O) groups is 1. The standard InChI is InChI=1S/C33H37F6N3O3/c1-3-44-18-19-45-30(43)20-29-23-41(16-17-42(29)22-25-12-14-40-15-13-25)21-24-4-6-26(7-5-24)27-8-10-28(11-9-27)31(2,32(34,35)36)33(37,38)39/h4-15,29H,3,16-23H2,1-2H3. The van der Waals surface area contributed by atoms with Crippen molar-refractivity contribution < 1.29 is 40.6 Å². The molecule has 1 saturated heterocycles. The lowest BCUT2D eigenvalue weighted by Crippen LogP contribution is -2.53. The number of alkyl halides is 6. The Morgan fingerprint density at radius 3 is 1.98 bits per heavy atom. The van der Waals surface area contributed by atoms with Crippen LogP contribution in [0.1, 0.15) is 37.0 Å². The normalized spacial score (nSPS) is 16.9. The third-order valence-corrected chi connectivity index (χ3v) is 8.21. The highest BCUT2D eigenvalue weighted by Gasteiger charge is 2.68. The number of ether oxygens (including phenoxy) is 2. The zero-order chi connectivity index (χ0) is 32.7. The van der Waals surface area contributed by atoms with Gasteiger partial charge in [-0.25, -0.2) is 0 Å². The molecule has 1 fully saturated rings. The summed E-state index contributed by atoms with van der Waals surface area (Å²) in [6.07, 6.45) is -7.29. The van der Waals surface area contributed by atoms with Gasteiger partial charge in [-0.2, -0.15) is 26.3 Å². The van der Waals surface area contributed by atoms with E-state index < -0.39 is 23.3 Å². The van der Waals surface area contributed by atoms with Gasteiger partial charge in [-0.15, -0.1) is 0 Å². The molecule has 12 heteroatoms. The first-order chi connectivity index (χ1) is 21.3. The van der Waals surface area contributed by atoms with Crippen LogP contribution >= 0.6 is 0 Å². The Hall–Kier alpha value is -3.48. The van der Waals surface area contributed by atoms with E-state index in [2.05, 4.69) is 14.8 Å². The average molecular weight is 638 g/mol. The van der Waals surface area contributed by atoms with Gasteiger partial charge in [-0.05, 0) is 53.8 Å². The van der Waals surface area contributed by atoms with Crippen LogP contribution in [0.25, 0.3) is 11.1 Å². The number of nitrogens with zero attached hydrogens (tertiary/aromatic N) is 3. The quantitative estimate of drug-likeness (QED) is 0.124. The number of pyridine rings is 1. The monoisotopic (exact) mass is 637 g/mol. The van der Waals surface area contributed by atoms with Crippen LogP contribution in [0, 0.1) is 0 Å². The summed E-state index contributed by atoms with van der Waals surface area (Å²) < 4.78 is 91.5. The van der Waals surface area contributed by atoms with Crippen LogP contribution in [0.5, 0.6) is 0 Å². The molecule has 0 amide bonds. The lowest BCUT2D eigenvalue weighted by molar-refractivity contribution is -0.297. The van der Waals surface area contributed by atoms with Gasteiger partial charge in [0.2, 0.25) is 0 Å². The number of hydrogen-bond acceptors (Lipinski definition) is 6. The first-order valence-electron chi connectivity index (χ1n) is 14.7. The molecule has 4 rings (SSSR count). The van der Waals surface area contributed by atoms with E-state index in [-0.39, 0.29) is 32.0 Å². The van der Waals surface area contributed by atoms with E-state index >= 15 is 0 Å². The van der Waals surface area contributed by atoms with Gasteiger partial charge >= 0.3 is 18.3 Å². The molecule has 0 radical (unpaired) electrons. The number of halogens is 6. The topological polar surface area (TPSA) is 54.9 Å². The van der Waals surface area contributed by atoms with Crippen molar-refractivity contribution in [3.63, 3.8) is 0 Å². The maximum absolute atomic E-state index is 13.5. The van der Waals surface area contributed by atoms with E-state index in [1.165, 1.54) is 12.1 Å². The van der Waals surface area contributed by atoms with Crippen molar-refractivity contribution in [1.82, 2.24) is 14.8 Å². The highest BCUT2D eigenvalue weighted by atomic mass is 19.4. The average Bonchev–Trinajstić information content (AvgIpc) is 3.00. The van der Waals surface area contributed by atoms with Gasteiger partial charge in [0.05, 0.1) is 13.0 Å². The summed E-state index contributed by atoms with van der Waals surface area (Å²) in [6.45, 7) is 6.54. The third-order valence-electron chi connectivity index (χ3n) is 8.21. The molecule has 6 nitrogen and oxygen atoms in total. The minimum atomic E-state index is -5.50. The van der Waals surface area contributed by atoms with Crippen molar-refractivity contribution in [3.8, 4) is 11.1 Å². The fraction of sp³-hybridized carbons (Fsp3) is 0.455. The number of esters is 1. The van der Waals surface area contributed by atoms with Gasteiger partial charge in [-0.1, -0.05) is 48.5 Å². The summed E-state index contributed by atoms with van der Waals surface area (Å²) >= 11 is 0. The minimum Gasteiger partial charge on any atom is -0.463 e. The highest BCUT2D eigenvalue weighted by molar-refractivity contribution is 5.70. The largest absolute Gasteiger partial charge is 0.463 e. The number of hydrogen-bond donors (Lipinski definition) is 0. The fourth-order valence-electron chi connectivity index (χ4n) is 5.38. The second-order valence-corrected chi connectivity index (χ2v) is 11.2. The summed E-state index contributed by atoms with van der Waals surface area (Å²) in [6, 6.07) is 15.5. The van der Waals surface area contributed by atoms with Crippen LogP contribution in [0.3, 0.4) is 0 Å². The number of aromatic nitrogens is 1. The van der Waals surface area contributed by atoms with Gasteiger partial charge in [0.15, 0.2) is 5.41 Å². The summed E-state index contributed by atoms with van der Waals surface area (Å²) in [7, 11) is 0. The van der Waals surface area contributed by atoms with Crippen molar-refractivity contribution in [2.75, 3.05) is 39.5 Å². The Balaban J connectivity index is 1.42. The van der Waals surface area contributed by atoms with Gasteiger partial charge in [0.25, 0.3) is 0 Å². The molecule has 2 heterocycles. The van der Waals surface area contributed by atoms with Crippen molar-refractivity contribution in [3.05, 3.63) is 89.7 Å². The van der Waals surface area contributed by atoms with E-state index in [1.54, 1.807) is 24.5 Å². The molecule has 1 aliphatic rings. The summed E-state index contributed by atoms with van der Waals surface area (Å²) in [4.78, 5) is 21.2. The predicted molar refractivity (Wildman–Crippen MR) is 157 cm³/mol. The maximum atomic E-state index is 13.5. The first-order valence-corrected chi connectivity index (χ1v) is 14.7. The molecule has 1 aliphatic heterocycles. The molecule has 3 aromatic rings. The van der Waals surface area contributed by atoms with E-state index in [0.29, 0.717) is 44.0 Å². The van der Waals surface area contributed by atoms with E-state index in [9.17, 15) is 31.1 Å². The van der Waals surface area contributed by atoms with E-state index in [1.807, 2.05) is 31.2 Å². The fourth-order valence-corrected chi connectivity index (χ4v) is 5.38. The molecule has 45 heavy (non-hydrogen) atoms. The van der Waals surface area contributed by atoms with Crippen molar-refractivity contribution in [2.24, 2.45) is 0 Å². The third kappa shape index (κ3) is 8.62. The second kappa shape index (κ2) is 14.7. The Morgan fingerprint density at radius 1 is 0.822 bits per heavy atom. The second-order valence-electron chi connectivity index (χ2n) is 11.2. The Kier molecular flexibility index (Phi) is 11.3. The van der Waals surface area contributed by atoms with Crippen LogP contribution in [-0.2, 0) is 32.8 Å². The van der Waals surface area contributed by atoms with Crippen molar-refractivity contribution in [1.29, 1.82) is 0 Å². The lowest BCUT2D eigenvalue weighted by Gasteiger charge is -2.41. The van der Waals surface area contributed by atoms with E-state index in [0.717, 1.165) is 36.3 Å². The van der Waals surface area contributed by atoms with Crippen LogP contribution in [0.2, 0.25) is 0 Å². The van der Waals surface area contributed by atoms with E-state index in [4.69, 9.17) is 9.47 Å². The van der Waals surface area contributed by atoms with Crippen LogP contribution in [-0.4, -0.2) is 78.6 Å². The molecule has 1 unspecified atom stereocenters. The predicted octanol–water partition coefficient (Wildman–Crippen LogP) is 6.79. The Labute approximate surface area is 258 Å². The molecule has 2 aromatic carbocycles. The molecule has 0 saturated carbocycles. The number of piperazine rings is 1. The summed E-state index contributed by atoms with van der Waals surface area (Å²) in [5.41, 5.74) is -1.58. The van der Waals surface area contributed by atoms with Crippen molar-refractivity contribution in [2.45, 2.75) is 57.2 Å². The zero-order valence-electron chi connectivity index (χ0n) is 25.2. The molecule has 0 aliphatic carbocycles. The summed E-state index contributed by atoms with van der Waals surface area (Å²) in [5, 5.41) is 0. The molecule has 1 aromatic heterocycles. The SMILES string of the molecule is CCOCCOC(=O)CC1CN(Cc2ccc(-c3ccc(C(C)(C(F)(F)F)C(F)(F)F)cc3)cc2)CCN1Cc1ccncc1. The molecular weight excluding hydrogens is 600 g/mol. The summed E-state index contributed by atoms with van der Waals surface area (Å²) in [5.74, 6) is -0.289. The van der Waals surface area contributed by atoms with Gasteiger partial charge in [0.1, 0.15) is 6.61 Å². The Bertz CT molecular complexity index is 1350. The van der Waals surface area contributed by atoms with Gasteiger partial charge in [-0.3, -0.25) is 19.6 Å². The maximum Gasteiger partial charge on any atom is 0.406 e. The molecular formula is C33H37F6N3O3. The van der Waals surface area contributed by atoms with Gasteiger partial charge < -0.3 is 9.47 Å². The zero-order valence-corrected chi connectivity index (χ0v) is 25.2. The van der Waals surface area contributed by atoms with Crippen LogP contribution < -0.4 is 0 Å². The smallest absolute Gasteiger partial charge is 0.406 e.